The molecular formula is C7H16N2. The van der Waals surface area contributed by atoms with E-state index in [1.165, 1.54) is 13.0 Å². The van der Waals surface area contributed by atoms with Gasteiger partial charge in [-0.3, -0.25) is 0 Å². The van der Waals surface area contributed by atoms with Crippen LogP contribution < -0.4 is 5.32 Å². The second kappa shape index (κ2) is 2.67. The number of rotatable bonds is 1. The van der Waals surface area contributed by atoms with Crippen molar-refractivity contribution in [2.75, 3.05) is 20.6 Å². The van der Waals surface area contributed by atoms with Crippen LogP contribution in [0.2, 0.25) is 0 Å². The molecule has 9 heavy (non-hydrogen) atoms. The van der Waals surface area contributed by atoms with Gasteiger partial charge in [-0.15, -0.1) is 0 Å². The van der Waals surface area contributed by atoms with Crippen LogP contribution in [0.15, 0.2) is 0 Å². The SMILES string of the molecule is CNC1CCN(C)[C@H]1C. The third kappa shape index (κ3) is 1.25. The summed E-state index contributed by atoms with van der Waals surface area (Å²) >= 11 is 0. The quantitative estimate of drug-likeness (QED) is 0.546. The summed E-state index contributed by atoms with van der Waals surface area (Å²) in [5, 5.41) is 3.30. The molecule has 1 N–H and O–H groups in total. The molecule has 0 aromatic carbocycles. The summed E-state index contributed by atoms with van der Waals surface area (Å²) in [7, 11) is 4.22. The lowest BCUT2D eigenvalue weighted by atomic mass is 10.1. The fourth-order valence-electron chi connectivity index (χ4n) is 1.48. The van der Waals surface area contributed by atoms with Crippen LogP contribution in [0.25, 0.3) is 0 Å². The normalized spacial score (nSPS) is 37.7. The Morgan fingerprint density at radius 2 is 2.22 bits per heavy atom. The molecule has 54 valence electrons. The van der Waals surface area contributed by atoms with E-state index in [4.69, 9.17) is 0 Å². The van der Waals surface area contributed by atoms with Gasteiger partial charge in [0, 0.05) is 12.1 Å². The smallest absolute Gasteiger partial charge is 0.0229 e. The van der Waals surface area contributed by atoms with Crippen LogP contribution in [-0.2, 0) is 0 Å². The van der Waals surface area contributed by atoms with Gasteiger partial charge in [-0.2, -0.15) is 0 Å². The molecule has 0 aliphatic carbocycles. The first-order chi connectivity index (χ1) is 4.25. The average molecular weight is 128 g/mol. The summed E-state index contributed by atoms with van der Waals surface area (Å²) in [6.07, 6.45) is 1.30. The molecule has 0 spiro atoms. The van der Waals surface area contributed by atoms with Crippen LogP contribution >= 0.6 is 0 Å². The standard InChI is InChI=1S/C7H16N2/c1-6-7(8-2)4-5-9(6)3/h6-8H,4-5H2,1-3H3/t6-,7?/m0/s1. The maximum atomic E-state index is 3.30. The van der Waals surface area contributed by atoms with Crippen molar-refractivity contribution < 1.29 is 0 Å². The van der Waals surface area contributed by atoms with Gasteiger partial charge in [0.1, 0.15) is 0 Å². The fraction of sp³-hybridized carbons (Fsp3) is 1.00. The summed E-state index contributed by atoms with van der Waals surface area (Å²) < 4.78 is 0. The zero-order chi connectivity index (χ0) is 6.85. The predicted molar refractivity (Wildman–Crippen MR) is 39.6 cm³/mol. The van der Waals surface area contributed by atoms with E-state index in [1.807, 2.05) is 7.05 Å². The maximum Gasteiger partial charge on any atom is 0.0229 e. The zero-order valence-electron chi connectivity index (χ0n) is 6.52. The van der Waals surface area contributed by atoms with Gasteiger partial charge in [-0.05, 0) is 34.0 Å². The third-order valence-electron chi connectivity index (χ3n) is 2.44. The Bertz CT molecular complexity index is 92.9. The number of nitrogens with one attached hydrogen (secondary N) is 1. The van der Waals surface area contributed by atoms with Crippen molar-refractivity contribution >= 4 is 0 Å². The zero-order valence-corrected chi connectivity index (χ0v) is 6.52. The Morgan fingerprint density at radius 1 is 1.56 bits per heavy atom. The molecule has 0 amide bonds. The number of hydrogen-bond donors (Lipinski definition) is 1. The summed E-state index contributed by atoms with van der Waals surface area (Å²) in [4.78, 5) is 2.39. The number of nitrogens with zero attached hydrogens (tertiary/aromatic N) is 1. The Morgan fingerprint density at radius 3 is 2.44 bits per heavy atom. The maximum absolute atomic E-state index is 3.30. The lowest BCUT2D eigenvalue weighted by molar-refractivity contribution is 0.306. The van der Waals surface area contributed by atoms with Crippen LogP contribution in [0, 0.1) is 0 Å². The summed E-state index contributed by atoms with van der Waals surface area (Å²) in [6, 6.07) is 1.44. The highest BCUT2D eigenvalue weighted by molar-refractivity contribution is 4.85. The Hall–Kier alpha value is -0.0800. The van der Waals surface area contributed by atoms with E-state index in [2.05, 4.69) is 24.2 Å². The van der Waals surface area contributed by atoms with Gasteiger partial charge in [0.15, 0.2) is 0 Å². The molecule has 0 saturated carbocycles. The molecule has 0 aromatic heterocycles. The second-order valence-electron chi connectivity index (χ2n) is 2.91. The predicted octanol–water partition coefficient (Wildman–Crippen LogP) is 0.298. The van der Waals surface area contributed by atoms with Crippen molar-refractivity contribution in [2.24, 2.45) is 0 Å². The lowest BCUT2D eigenvalue weighted by Crippen LogP contribution is -2.36. The Balaban J connectivity index is 2.41. The molecular weight excluding hydrogens is 112 g/mol. The molecule has 0 radical (unpaired) electrons. The van der Waals surface area contributed by atoms with Crippen molar-refractivity contribution in [3.63, 3.8) is 0 Å². The van der Waals surface area contributed by atoms with E-state index >= 15 is 0 Å². The molecule has 0 aromatic rings. The highest BCUT2D eigenvalue weighted by atomic mass is 15.2. The minimum absolute atomic E-state index is 0.718. The van der Waals surface area contributed by atoms with Crippen LogP contribution in [0.5, 0.6) is 0 Å². The van der Waals surface area contributed by atoms with E-state index in [1.54, 1.807) is 0 Å². The van der Waals surface area contributed by atoms with Gasteiger partial charge in [0.2, 0.25) is 0 Å². The van der Waals surface area contributed by atoms with E-state index in [0.29, 0.717) is 0 Å². The van der Waals surface area contributed by atoms with Crippen molar-refractivity contribution in [2.45, 2.75) is 25.4 Å². The molecule has 2 heteroatoms. The molecule has 2 atom stereocenters. The van der Waals surface area contributed by atoms with Crippen LogP contribution in [0.4, 0.5) is 0 Å². The highest BCUT2D eigenvalue weighted by Gasteiger charge is 2.25. The van der Waals surface area contributed by atoms with E-state index in [-0.39, 0.29) is 0 Å². The topological polar surface area (TPSA) is 15.3 Å². The summed E-state index contributed by atoms with van der Waals surface area (Å²) in [5.74, 6) is 0. The van der Waals surface area contributed by atoms with Crippen LogP contribution in [0.3, 0.4) is 0 Å². The molecule has 0 bridgehead atoms. The molecule has 1 unspecified atom stereocenters. The van der Waals surface area contributed by atoms with E-state index in [9.17, 15) is 0 Å². The van der Waals surface area contributed by atoms with Crippen molar-refractivity contribution in [3.8, 4) is 0 Å². The lowest BCUT2D eigenvalue weighted by Gasteiger charge is -2.19. The fourth-order valence-corrected chi connectivity index (χ4v) is 1.48. The van der Waals surface area contributed by atoms with Gasteiger partial charge < -0.3 is 10.2 Å². The van der Waals surface area contributed by atoms with Gasteiger partial charge in [0.25, 0.3) is 0 Å². The number of hydrogen-bond acceptors (Lipinski definition) is 2. The largest absolute Gasteiger partial charge is 0.315 e. The first-order valence-electron chi connectivity index (χ1n) is 3.63. The van der Waals surface area contributed by atoms with Crippen LogP contribution in [0.1, 0.15) is 13.3 Å². The van der Waals surface area contributed by atoms with E-state index < -0.39 is 0 Å². The minimum Gasteiger partial charge on any atom is -0.315 e. The number of likely N-dealkylation sites (N-methyl/N-ethyl adjacent to an activating group) is 2. The van der Waals surface area contributed by atoms with Crippen molar-refractivity contribution in [1.29, 1.82) is 0 Å². The molecule has 1 aliphatic rings. The molecule has 1 fully saturated rings. The molecule has 2 nitrogen and oxygen atoms in total. The van der Waals surface area contributed by atoms with Gasteiger partial charge in [-0.25, -0.2) is 0 Å². The molecule has 1 aliphatic heterocycles. The van der Waals surface area contributed by atoms with Gasteiger partial charge >= 0.3 is 0 Å². The Kier molecular flexibility index (Phi) is 2.09. The van der Waals surface area contributed by atoms with Crippen LogP contribution in [-0.4, -0.2) is 37.6 Å². The Labute approximate surface area is 57.2 Å². The minimum atomic E-state index is 0.718. The molecule has 1 heterocycles. The number of likely N-dealkylation sites (tertiary alicyclic amines) is 1. The highest BCUT2D eigenvalue weighted by Crippen LogP contribution is 2.13. The average Bonchev–Trinajstić information content (AvgIpc) is 2.15. The summed E-state index contributed by atoms with van der Waals surface area (Å²) in [6.45, 7) is 3.51. The van der Waals surface area contributed by atoms with E-state index in [0.717, 1.165) is 12.1 Å². The first-order valence-corrected chi connectivity index (χ1v) is 3.63. The molecule has 1 saturated heterocycles. The van der Waals surface area contributed by atoms with Crippen molar-refractivity contribution in [3.05, 3.63) is 0 Å². The summed E-state index contributed by atoms with van der Waals surface area (Å²) in [5.41, 5.74) is 0. The van der Waals surface area contributed by atoms with Gasteiger partial charge in [0.05, 0.1) is 0 Å². The van der Waals surface area contributed by atoms with Crippen molar-refractivity contribution in [1.82, 2.24) is 10.2 Å². The molecule has 1 rings (SSSR count). The van der Waals surface area contributed by atoms with Gasteiger partial charge in [-0.1, -0.05) is 0 Å². The first kappa shape index (κ1) is 7.03. The monoisotopic (exact) mass is 128 g/mol. The second-order valence-corrected chi connectivity index (χ2v) is 2.91. The third-order valence-corrected chi connectivity index (χ3v) is 2.44.